The van der Waals surface area contributed by atoms with E-state index in [-0.39, 0.29) is 17.9 Å². The first kappa shape index (κ1) is 18.2. The number of unbranched alkanes of at least 4 members (excludes halogenated alkanes) is 1. The van der Waals surface area contributed by atoms with Crippen molar-refractivity contribution in [2.45, 2.75) is 64.0 Å². The van der Waals surface area contributed by atoms with Crippen molar-refractivity contribution in [3.63, 3.8) is 0 Å². The van der Waals surface area contributed by atoms with Crippen LogP contribution in [0.5, 0.6) is 0 Å². The van der Waals surface area contributed by atoms with Gasteiger partial charge < -0.3 is 10.4 Å². The normalized spacial score (nSPS) is 19.2. The van der Waals surface area contributed by atoms with Crippen LogP contribution < -0.4 is 5.32 Å². The Morgan fingerprint density at radius 3 is 2.80 bits per heavy atom. The summed E-state index contributed by atoms with van der Waals surface area (Å²) in [4.78, 5) is 11.8. The molecule has 20 heavy (non-hydrogen) atoms. The molecule has 1 heterocycles. The Labute approximate surface area is 131 Å². The van der Waals surface area contributed by atoms with E-state index in [1.165, 1.54) is 25.0 Å². The molecule has 1 atom stereocenters. The predicted octanol–water partition coefficient (Wildman–Crippen LogP) is 3.62. The molecule has 0 radical (unpaired) electrons. The van der Waals surface area contributed by atoms with Crippen LogP contribution in [0.1, 0.15) is 58.8 Å². The van der Waals surface area contributed by atoms with Crippen LogP contribution in [0.2, 0.25) is 0 Å². The Morgan fingerprint density at radius 2 is 2.15 bits per heavy atom. The fourth-order valence-corrected chi connectivity index (χ4v) is 5.32. The first-order valence-corrected chi connectivity index (χ1v) is 10.1. The van der Waals surface area contributed by atoms with Gasteiger partial charge in [-0.3, -0.25) is 4.79 Å². The van der Waals surface area contributed by atoms with Gasteiger partial charge in [-0.2, -0.15) is 0 Å². The summed E-state index contributed by atoms with van der Waals surface area (Å²) in [5, 5.41) is 12.7. The van der Waals surface area contributed by atoms with Crippen molar-refractivity contribution in [3.8, 4) is 0 Å². The van der Waals surface area contributed by atoms with Crippen LogP contribution in [0.3, 0.4) is 0 Å². The fourth-order valence-electron chi connectivity index (χ4n) is 2.29. The quantitative estimate of drug-likeness (QED) is 0.477. The Hall–Kier alpha value is 0.130. The Bertz CT molecular complexity index is 279. The monoisotopic (exact) mass is 319 g/mol. The van der Waals surface area contributed by atoms with E-state index in [1.54, 1.807) is 0 Å². The minimum atomic E-state index is 0.0795. The molecule has 1 rings (SSSR count). The van der Waals surface area contributed by atoms with Gasteiger partial charge in [-0.15, -0.1) is 0 Å². The predicted molar refractivity (Wildman–Crippen MR) is 90.0 cm³/mol. The van der Waals surface area contributed by atoms with Gasteiger partial charge in [0, 0.05) is 30.6 Å². The molecule has 1 unspecified atom stereocenters. The molecule has 0 aliphatic carbocycles. The van der Waals surface area contributed by atoms with E-state index in [0.29, 0.717) is 13.0 Å². The van der Waals surface area contributed by atoms with Crippen molar-refractivity contribution in [1.29, 1.82) is 0 Å². The minimum Gasteiger partial charge on any atom is -0.396 e. The average molecular weight is 320 g/mol. The van der Waals surface area contributed by atoms with Crippen LogP contribution in [0.15, 0.2) is 0 Å². The largest absolute Gasteiger partial charge is 0.396 e. The number of rotatable bonds is 10. The highest BCUT2D eigenvalue weighted by Gasteiger charge is 2.18. The van der Waals surface area contributed by atoms with Gasteiger partial charge in [0.25, 0.3) is 0 Å². The van der Waals surface area contributed by atoms with Gasteiger partial charge in [-0.25, -0.2) is 0 Å². The molecule has 0 bridgehead atoms. The lowest BCUT2D eigenvalue weighted by Gasteiger charge is -2.24. The first-order chi connectivity index (χ1) is 9.53. The molecule has 0 saturated carbocycles. The fraction of sp³-hybridized carbons (Fsp3) is 0.933. The second-order valence-electron chi connectivity index (χ2n) is 6.34. The highest BCUT2D eigenvalue weighted by Crippen LogP contribution is 2.39. The summed E-state index contributed by atoms with van der Waals surface area (Å²) in [6.45, 7) is 5.21. The van der Waals surface area contributed by atoms with Crippen LogP contribution in [0, 0.1) is 5.41 Å². The van der Waals surface area contributed by atoms with Crippen molar-refractivity contribution >= 4 is 27.5 Å². The SMILES string of the molecule is CC(C)(CCCO)CNC(=O)CCCCC1CCSS1. The van der Waals surface area contributed by atoms with Gasteiger partial charge in [-0.1, -0.05) is 41.9 Å². The summed E-state index contributed by atoms with van der Waals surface area (Å²) in [5.41, 5.74) is 0.0795. The van der Waals surface area contributed by atoms with E-state index < -0.39 is 0 Å². The van der Waals surface area contributed by atoms with Crippen molar-refractivity contribution in [2.75, 3.05) is 18.9 Å². The summed E-state index contributed by atoms with van der Waals surface area (Å²) >= 11 is 0. The third-order valence-corrected chi connectivity index (χ3v) is 6.69. The highest BCUT2D eigenvalue weighted by molar-refractivity contribution is 8.77. The third kappa shape index (κ3) is 8.42. The zero-order valence-electron chi connectivity index (χ0n) is 12.8. The third-order valence-electron chi connectivity index (χ3n) is 3.68. The lowest BCUT2D eigenvalue weighted by atomic mass is 9.88. The van der Waals surface area contributed by atoms with Gasteiger partial charge >= 0.3 is 0 Å². The number of hydrogen-bond donors (Lipinski definition) is 2. The van der Waals surface area contributed by atoms with E-state index in [2.05, 4.69) is 19.2 Å². The minimum absolute atomic E-state index is 0.0795. The van der Waals surface area contributed by atoms with E-state index in [4.69, 9.17) is 5.11 Å². The second kappa shape index (κ2) is 9.96. The van der Waals surface area contributed by atoms with Crippen LogP contribution >= 0.6 is 21.6 Å². The number of amides is 1. The molecule has 5 heteroatoms. The zero-order chi connectivity index (χ0) is 14.8. The summed E-state index contributed by atoms with van der Waals surface area (Å²) in [6, 6.07) is 0. The maximum absolute atomic E-state index is 11.8. The maximum atomic E-state index is 11.8. The van der Waals surface area contributed by atoms with Crippen LogP contribution in [0.25, 0.3) is 0 Å². The van der Waals surface area contributed by atoms with Crippen molar-refractivity contribution in [3.05, 3.63) is 0 Å². The summed E-state index contributed by atoms with van der Waals surface area (Å²) < 4.78 is 0. The van der Waals surface area contributed by atoms with Crippen molar-refractivity contribution < 1.29 is 9.90 Å². The van der Waals surface area contributed by atoms with Gasteiger partial charge in [0.1, 0.15) is 0 Å². The number of nitrogens with one attached hydrogen (secondary N) is 1. The number of hydrogen-bond acceptors (Lipinski definition) is 4. The summed E-state index contributed by atoms with van der Waals surface area (Å²) in [6.07, 6.45) is 7.17. The molecule has 0 aromatic heterocycles. The van der Waals surface area contributed by atoms with Gasteiger partial charge in [0.15, 0.2) is 0 Å². The Kier molecular flexibility index (Phi) is 9.05. The van der Waals surface area contributed by atoms with E-state index in [9.17, 15) is 4.79 Å². The van der Waals surface area contributed by atoms with E-state index in [0.717, 1.165) is 24.5 Å². The molecule has 1 aliphatic heterocycles. The van der Waals surface area contributed by atoms with E-state index in [1.807, 2.05) is 21.6 Å². The van der Waals surface area contributed by atoms with Crippen LogP contribution in [-0.2, 0) is 4.79 Å². The highest BCUT2D eigenvalue weighted by atomic mass is 33.1. The molecule has 1 amide bonds. The first-order valence-electron chi connectivity index (χ1n) is 7.69. The molecule has 1 aliphatic rings. The Balaban J connectivity index is 2.01. The van der Waals surface area contributed by atoms with Gasteiger partial charge in [0.05, 0.1) is 0 Å². The standard InChI is InChI=1S/C15H29NO2S2/c1-15(2,9-5-10-17)12-16-14(18)7-4-3-6-13-8-11-19-20-13/h13,17H,3-12H2,1-2H3,(H,16,18). The Morgan fingerprint density at radius 1 is 1.35 bits per heavy atom. The molecular formula is C15H29NO2S2. The lowest BCUT2D eigenvalue weighted by molar-refractivity contribution is -0.121. The molecule has 0 spiro atoms. The molecule has 1 saturated heterocycles. The number of aliphatic hydroxyl groups excluding tert-OH is 1. The zero-order valence-corrected chi connectivity index (χ0v) is 14.5. The molecule has 0 aromatic rings. The maximum Gasteiger partial charge on any atom is 0.220 e. The number of aliphatic hydroxyl groups is 1. The summed E-state index contributed by atoms with van der Waals surface area (Å²) in [7, 11) is 4.00. The molecule has 118 valence electrons. The van der Waals surface area contributed by atoms with E-state index >= 15 is 0 Å². The molecular weight excluding hydrogens is 290 g/mol. The number of carbonyl (C=O) groups is 1. The molecule has 3 nitrogen and oxygen atoms in total. The lowest BCUT2D eigenvalue weighted by Crippen LogP contribution is -2.34. The summed E-state index contributed by atoms with van der Waals surface area (Å²) in [5.74, 6) is 1.47. The number of carbonyl (C=O) groups excluding carboxylic acids is 1. The van der Waals surface area contributed by atoms with Gasteiger partial charge in [0.2, 0.25) is 5.91 Å². The van der Waals surface area contributed by atoms with Gasteiger partial charge in [-0.05, 0) is 37.5 Å². The molecule has 1 fully saturated rings. The topological polar surface area (TPSA) is 49.3 Å². The smallest absolute Gasteiger partial charge is 0.220 e. The van der Waals surface area contributed by atoms with Crippen molar-refractivity contribution in [1.82, 2.24) is 5.32 Å². The van der Waals surface area contributed by atoms with Crippen molar-refractivity contribution in [2.24, 2.45) is 5.41 Å². The average Bonchev–Trinajstić information content (AvgIpc) is 2.92. The van der Waals surface area contributed by atoms with Crippen LogP contribution in [-0.4, -0.2) is 35.2 Å². The molecule has 0 aromatic carbocycles. The van der Waals surface area contributed by atoms with Crippen LogP contribution in [0.4, 0.5) is 0 Å². The molecule has 2 N–H and O–H groups in total. The second-order valence-corrected chi connectivity index (χ2v) is 9.13.